The van der Waals surface area contributed by atoms with Crippen LogP contribution in [0.3, 0.4) is 0 Å². The fraction of sp³-hybridized carbons (Fsp3) is 0.615. The van der Waals surface area contributed by atoms with Gasteiger partial charge in [-0.15, -0.1) is 0 Å². The molecule has 2 heterocycles. The molecule has 0 bridgehead atoms. The molecule has 1 aromatic carbocycles. The van der Waals surface area contributed by atoms with Crippen molar-refractivity contribution in [2.24, 2.45) is 0 Å². The minimum atomic E-state index is -0.931. The number of para-hydroxylation sites is 1. The number of hydrogen-bond donors (Lipinski definition) is 1. The van der Waals surface area contributed by atoms with Crippen molar-refractivity contribution in [2.45, 2.75) is 103 Å². The summed E-state index contributed by atoms with van der Waals surface area (Å²) in [6, 6.07) is 7.70. The summed E-state index contributed by atoms with van der Waals surface area (Å²) >= 11 is 0. The molecule has 0 amide bonds. The Bertz CT molecular complexity index is 964. The fourth-order valence-corrected chi connectivity index (χ4v) is 5.46. The van der Waals surface area contributed by atoms with Gasteiger partial charge < -0.3 is 14.3 Å². The molecule has 7 nitrogen and oxygen atoms in total. The number of nitrogens with zero attached hydrogens (tertiary/aromatic N) is 3. The van der Waals surface area contributed by atoms with E-state index in [0.29, 0.717) is 17.3 Å². The highest BCUT2D eigenvalue weighted by Crippen LogP contribution is 2.48. The Morgan fingerprint density at radius 3 is 2.48 bits per heavy atom. The molecule has 1 aliphatic carbocycles. The highest BCUT2D eigenvalue weighted by Gasteiger charge is 2.52. The van der Waals surface area contributed by atoms with Gasteiger partial charge in [0.2, 0.25) is 0 Å². The standard InChI is InChI=1S/C26H37N3O4/c1-17(2)23-16-27-25(33-23)28-19(5)22(32-18(3)4)15-26(13-9-6-10-14-26)29(28)21-12-8-7-11-20(21)24(30)31/h7-8,11-12,16-19,22H,6,9-10,13-15H2,1-5H3,(H,30,31). The van der Waals surface area contributed by atoms with Crippen LogP contribution in [0.15, 0.2) is 34.9 Å². The number of ether oxygens (including phenoxy) is 1. The van der Waals surface area contributed by atoms with E-state index in [4.69, 9.17) is 9.15 Å². The van der Waals surface area contributed by atoms with Crippen LogP contribution in [0.2, 0.25) is 0 Å². The number of hydrazine groups is 1. The van der Waals surface area contributed by atoms with E-state index in [9.17, 15) is 9.90 Å². The lowest BCUT2D eigenvalue weighted by Gasteiger charge is -2.59. The SMILES string of the molecule is CC(C)OC1CC2(CCCCC2)N(c2ccccc2C(=O)O)N(c2ncc(C(C)C)o2)C1C. The summed E-state index contributed by atoms with van der Waals surface area (Å²) in [6.45, 7) is 10.4. The molecular weight excluding hydrogens is 418 g/mol. The van der Waals surface area contributed by atoms with Gasteiger partial charge in [-0.3, -0.25) is 5.01 Å². The van der Waals surface area contributed by atoms with E-state index >= 15 is 0 Å². The Hall–Kier alpha value is -2.54. The van der Waals surface area contributed by atoms with Crippen molar-refractivity contribution >= 4 is 17.7 Å². The van der Waals surface area contributed by atoms with Gasteiger partial charge in [-0.25, -0.2) is 14.8 Å². The maximum Gasteiger partial charge on any atom is 0.337 e. The van der Waals surface area contributed by atoms with Crippen LogP contribution >= 0.6 is 0 Å². The van der Waals surface area contributed by atoms with Crippen LogP contribution in [-0.2, 0) is 4.74 Å². The lowest BCUT2D eigenvalue weighted by Crippen LogP contribution is -2.70. The second kappa shape index (κ2) is 9.37. The average molecular weight is 456 g/mol. The minimum absolute atomic E-state index is 0.0225. The Balaban J connectivity index is 1.91. The van der Waals surface area contributed by atoms with Gasteiger partial charge in [0.15, 0.2) is 0 Å². The summed E-state index contributed by atoms with van der Waals surface area (Å²) in [5, 5.41) is 14.3. The highest BCUT2D eigenvalue weighted by molar-refractivity contribution is 5.95. The molecule has 2 atom stereocenters. The number of hydrogen-bond acceptors (Lipinski definition) is 6. The molecule has 1 aliphatic heterocycles. The first kappa shape index (κ1) is 23.6. The van der Waals surface area contributed by atoms with Gasteiger partial charge in [0.1, 0.15) is 5.76 Å². The molecule has 2 aromatic rings. The number of anilines is 2. The van der Waals surface area contributed by atoms with Crippen LogP contribution in [0.25, 0.3) is 0 Å². The minimum Gasteiger partial charge on any atom is -0.478 e. The molecule has 1 saturated heterocycles. The molecule has 2 fully saturated rings. The number of rotatable bonds is 6. The highest BCUT2D eigenvalue weighted by atomic mass is 16.5. The number of oxazole rings is 1. The summed E-state index contributed by atoms with van der Waals surface area (Å²) in [6.07, 6.45) is 8.04. The quantitative estimate of drug-likeness (QED) is 0.571. The lowest BCUT2D eigenvalue weighted by atomic mass is 9.74. The number of benzene rings is 1. The van der Waals surface area contributed by atoms with Gasteiger partial charge in [-0.1, -0.05) is 45.2 Å². The molecule has 1 saturated carbocycles. The zero-order chi connectivity index (χ0) is 23.8. The molecular formula is C26H37N3O4. The van der Waals surface area contributed by atoms with E-state index in [1.54, 1.807) is 18.3 Å². The van der Waals surface area contributed by atoms with Crippen molar-refractivity contribution in [3.8, 4) is 0 Å². The van der Waals surface area contributed by atoms with Crippen molar-refractivity contribution in [2.75, 3.05) is 10.0 Å². The topological polar surface area (TPSA) is 79.0 Å². The molecule has 2 unspecified atom stereocenters. The third-order valence-corrected chi connectivity index (χ3v) is 7.04. The van der Waals surface area contributed by atoms with Crippen LogP contribution in [0.4, 0.5) is 11.7 Å². The molecule has 33 heavy (non-hydrogen) atoms. The molecule has 0 radical (unpaired) electrons. The second-order valence-electron chi connectivity index (χ2n) is 10.1. The Labute approximate surface area is 196 Å². The number of aromatic carboxylic acids is 1. The van der Waals surface area contributed by atoms with E-state index < -0.39 is 5.97 Å². The smallest absolute Gasteiger partial charge is 0.337 e. The summed E-state index contributed by atoms with van der Waals surface area (Å²) in [7, 11) is 0. The first-order chi connectivity index (χ1) is 15.7. The van der Waals surface area contributed by atoms with E-state index in [2.05, 4.69) is 49.6 Å². The first-order valence-electron chi connectivity index (χ1n) is 12.3. The number of carbonyl (C=O) groups is 1. The van der Waals surface area contributed by atoms with E-state index in [1.807, 2.05) is 12.1 Å². The summed E-state index contributed by atoms with van der Waals surface area (Å²) in [5.41, 5.74) is 0.715. The third kappa shape index (κ3) is 4.47. The molecule has 180 valence electrons. The maximum atomic E-state index is 12.3. The van der Waals surface area contributed by atoms with Crippen LogP contribution < -0.4 is 10.0 Å². The number of aromatic nitrogens is 1. The number of carboxylic acid groups (broad SMARTS) is 1. The van der Waals surface area contributed by atoms with Crippen molar-refractivity contribution in [1.82, 2.24) is 4.98 Å². The predicted octanol–water partition coefficient (Wildman–Crippen LogP) is 6.01. The molecule has 1 N–H and O–H groups in total. The Morgan fingerprint density at radius 2 is 1.88 bits per heavy atom. The molecule has 2 aliphatic rings. The van der Waals surface area contributed by atoms with Crippen molar-refractivity contribution in [3.05, 3.63) is 41.8 Å². The molecule has 1 spiro atoms. The Morgan fingerprint density at radius 1 is 1.18 bits per heavy atom. The summed E-state index contributed by atoms with van der Waals surface area (Å²) in [5.74, 6) is 0.0886. The van der Waals surface area contributed by atoms with Gasteiger partial charge in [-0.2, -0.15) is 0 Å². The first-order valence-corrected chi connectivity index (χ1v) is 12.3. The second-order valence-corrected chi connectivity index (χ2v) is 10.1. The van der Waals surface area contributed by atoms with Crippen molar-refractivity contribution in [3.63, 3.8) is 0 Å². The average Bonchev–Trinajstić information content (AvgIpc) is 3.26. The lowest BCUT2D eigenvalue weighted by molar-refractivity contribution is -0.0424. The molecule has 4 rings (SSSR count). The van der Waals surface area contributed by atoms with Crippen LogP contribution in [-0.4, -0.2) is 39.8 Å². The Kier molecular flexibility index (Phi) is 6.71. The zero-order valence-electron chi connectivity index (χ0n) is 20.5. The van der Waals surface area contributed by atoms with Crippen molar-refractivity contribution in [1.29, 1.82) is 0 Å². The van der Waals surface area contributed by atoms with Gasteiger partial charge in [-0.05, 0) is 45.7 Å². The summed E-state index contributed by atoms with van der Waals surface area (Å²) < 4.78 is 12.7. The maximum absolute atomic E-state index is 12.3. The van der Waals surface area contributed by atoms with Gasteiger partial charge in [0.05, 0.1) is 41.2 Å². The molecule has 7 heteroatoms. The summed E-state index contributed by atoms with van der Waals surface area (Å²) in [4.78, 5) is 16.9. The van der Waals surface area contributed by atoms with Crippen LogP contribution in [0, 0.1) is 0 Å². The van der Waals surface area contributed by atoms with Crippen LogP contribution in [0.1, 0.15) is 95.2 Å². The van der Waals surface area contributed by atoms with E-state index in [0.717, 1.165) is 37.9 Å². The molecule has 1 aromatic heterocycles. The fourth-order valence-electron chi connectivity index (χ4n) is 5.46. The van der Waals surface area contributed by atoms with E-state index in [1.165, 1.54) is 6.42 Å². The van der Waals surface area contributed by atoms with E-state index in [-0.39, 0.29) is 29.7 Å². The van der Waals surface area contributed by atoms with Crippen molar-refractivity contribution < 1.29 is 19.1 Å². The monoisotopic (exact) mass is 455 g/mol. The zero-order valence-corrected chi connectivity index (χ0v) is 20.5. The van der Waals surface area contributed by atoms with Gasteiger partial charge in [0, 0.05) is 12.3 Å². The van der Waals surface area contributed by atoms with Crippen LogP contribution in [0.5, 0.6) is 0 Å². The normalized spacial score (nSPS) is 23.0. The largest absolute Gasteiger partial charge is 0.478 e. The third-order valence-electron chi connectivity index (χ3n) is 7.04. The van der Waals surface area contributed by atoms with Gasteiger partial charge in [0.25, 0.3) is 0 Å². The van der Waals surface area contributed by atoms with Gasteiger partial charge >= 0.3 is 12.0 Å². The number of carboxylic acids is 1. The predicted molar refractivity (Wildman–Crippen MR) is 129 cm³/mol.